The zero-order chi connectivity index (χ0) is 25.2. The molecule has 174 valence electrons. The van der Waals surface area contributed by atoms with E-state index >= 15 is 0 Å². The molecule has 35 heavy (non-hydrogen) atoms. The Morgan fingerprint density at radius 2 is 1.51 bits per heavy atom. The number of rotatable bonds is 7. The highest BCUT2D eigenvalue weighted by Gasteiger charge is 2.16. The summed E-state index contributed by atoms with van der Waals surface area (Å²) in [5.74, 6) is -1.34. The maximum Gasteiger partial charge on any atom is 0.336 e. The van der Waals surface area contributed by atoms with Crippen LogP contribution >= 0.6 is 0 Å². The smallest absolute Gasteiger partial charge is 0.336 e. The van der Waals surface area contributed by atoms with Crippen molar-refractivity contribution < 1.29 is 24.4 Å². The zero-order valence-electron chi connectivity index (χ0n) is 18.3. The molecular weight excluding hydrogens is 450 g/mol. The summed E-state index contributed by atoms with van der Waals surface area (Å²) < 4.78 is 0. The van der Waals surface area contributed by atoms with Gasteiger partial charge in [0.05, 0.1) is 10.5 Å². The number of hydrogen-bond donors (Lipinski definition) is 1. The maximum atomic E-state index is 12.0. The van der Waals surface area contributed by atoms with Gasteiger partial charge in [0, 0.05) is 53.6 Å². The fraction of sp³-hybridized carbons (Fsp3) is 0.0385. The average molecular weight is 469 g/mol. The number of aldehydes is 1. The summed E-state index contributed by atoms with van der Waals surface area (Å²) in [6, 6.07) is 17.4. The van der Waals surface area contributed by atoms with E-state index in [1.807, 2.05) is 0 Å². The molecule has 4 aromatic rings. The first-order chi connectivity index (χ1) is 16.9. The summed E-state index contributed by atoms with van der Waals surface area (Å²) in [4.78, 5) is 51.7. The van der Waals surface area contributed by atoms with Gasteiger partial charge in [-0.1, -0.05) is 30.3 Å². The second kappa shape index (κ2) is 11.7. The summed E-state index contributed by atoms with van der Waals surface area (Å²) in [6.07, 6.45) is 7.41. The number of nitro benzene ring substituents is 1. The van der Waals surface area contributed by atoms with Crippen LogP contribution in [0.4, 0.5) is 5.69 Å². The minimum absolute atomic E-state index is 0.0500. The van der Waals surface area contributed by atoms with Crippen LogP contribution in [0.1, 0.15) is 47.8 Å². The molecule has 0 aliphatic rings. The Morgan fingerprint density at radius 3 is 2.11 bits per heavy atom. The number of nitrogens with zero attached hydrogens (tertiary/aromatic N) is 3. The van der Waals surface area contributed by atoms with E-state index < -0.39 is 10.9 Å². The normalized spacial score (nSPS) is 9.94. The number of non-ortho nitro benzene ring substituents is 1. The van der Waals surface area contributed by atoms with Gasteiger partial charge in [0.1, 0.15) is 0 Å². The zero-order valence-corrected chi connectivity index (χ0v) is 18.3. The van der Waals surface area contributed by atoms with Crippen LogP contribution in [0.25, 0.3) is 0 Å². The lowest BCUT2D eigenvalue weighted by Crippen LogP contribution is -2.04. The first-order valence-corrected chi connectivity index (χ1v) is 10.3. The lowest BCUT2D eigenvalue weighted by atomic mass is 10.00. The molecule has 0 saturated carbocycles. The topological polar surface area (TPSA) is 140 Å². The van der Waals surface area contributed by atoms with Gasteiger partial charge in [-0.25, -0.2) is 4.79 Å². The van der Waals surface area contributed by atoms with Gasteiger partial charge < -0.3 is 5.11 Å². The van der Waals surface area contributed by atoms with Crippen LogP contribution in [-0.4, -0.2) is 38.0 Å². The van der Waals surface area contributed by atoms with Gasteiger partial charge in [-0.05, 0) is 41.8 Å². The van der Waals surface area contributed by atoms with Crippen LogP contribution in [-0.2, 0) is 6.42 Å². The van der Waals surface area contributed by atoms with E-state index in [1.54, 1.807) is 73.3 Å². The van der Waals surface area contributed by atoms with Gasteiger partial charge in [-0.3, -0.25) is 29.7 Å². The first kappa shape index (κ1) is 24.6. The predicted molar refractivity (Wildman–Crippen MR) is 127 cm³/mol. The van der Waals surface area contributed by atoms with Crippen molar-refractivity contribution in [2.24, 2.45) is 0 Å². The molecule has 0 bridgehead atoms. The molecule has 0 atom stereocenters. The van der Waals surface area contributed by atoms with Gasteiger partial charge >= 0.3 is 5.97 Å². The van der Waals surface area contributed by atoms with Crippen molar-refractivity contribution in [1.82, 2.24) is 9.97 Å². The summed E-state index contributed by atoms with van der Waals surface area (Å²) in [6.45, 7) is 0. The van der Waals surface area contributed by atoms with Crippen LogP contribution in [0.15, 0.2) is 91.5 Å². The number of aromatic carboxylic acids is 1. The minimum atomic E-state index is -1.17. The van der Waals surface area contributed by atoms with E-state index in [0.717, 1.165) is 11.6 Å². The molecule has 9 nitrogen and oxygen atoms in total. The number of carbonyl (C=O) groups is 3. The highest BCUT2D eigenvalue weighted by atomic mass is 16.6. The monoisotopic (exact) mass is 469 g/mol. The van der Waals surface area contributed by atoms with Crippen molar-refractivity contribution in [1.29, 1.82) is 0 Å². The number of benzene rings is 2. The Morgan fingerprint density at radius 1 is 0.886 bits per heavy atom. The van der Waals surface area contributed by atoms with Crippen molar-refractivity contribution in [3.05, 3.63) is 135 Å². The maximum absolute atomic E-state index is 12.0. The van der Waals surface area contributed by atoms with E-state index in [0.29, 0.717) is 35.0 Å². The summed E-state index contributed by atoms with van der Waals surface area (Å²) in [7, 11) is 0. The van der Waals surface area contributed by atoms with Crippen molar-refractivity contribution >= 4 is 23.7 Å². The third-order valence-corrected chi connectivity index (χ3v) is 4.95. The quantitative estimate of drug-likeness (QED) is 0.182. The molecule has 0 unspecified atom stereocenters. The van der Waals surface area contributed by atoms with E-state index in [-0.39, 0.29) is 17.0 Å². The van der Waals surface area contributed by atoms with E-state index in [9.17, 15) is 24.5 Å². The average Bonchev–Trinajstić information content (AvgIpc) is 2.89. The molecule has 0 saturated heterocycles. The van der Waals surface area contributed by atoms with Crippen LogP contribution < -0.4 is 0 Å². The Balaban J connectivity index is 0.000000198. The number of ketones is 1. The first-order valence-electron chi connectivity index (χ1n) is 10.3. The largest absolute Gasteiger partial charge is 0.478 e. The Labute approximate surface area is 199 Å². The van der Waals surface area contributed by atoms with Gasteiger partial charge in [0.25, 0.3) is 5.69 Å². The molecule has 0 amide bonds. The highest BCUT2D eigenvalue weighted by molar-refractivity contribution is 6.12. The molecule has 4 rings (SSSR count). The third kappa shape index (κ3) is 6.48. The minimum Gasteiger partial charge on any atom is -0.478 e. The SMILES string of the molecule is O=C(O)c1cc([N+](=O)[O-])ccc1Cc1ccncc1.O=Cc1ccccc1C(=O)c1ccncc1. The second-order valence-corrected chi connectivity index (χ2v) is 7.21. The van der Waals surface area contributed by atoms with Crippen molar-refractivity contribution in [2.45, 2.75) is 6.42 Å². The third-order valence-electron chi connectivity index (χ3n) is 4.95. The molecule has 0 aliphatic carbocycles. The standard InChI is InChI=1S/C13H10N2O4.C13H9NO2/c16-13(17)12-8-11(15(18)19)2-1-10(12)7-9-3-5-14-6-4-9;15-9-11-3-1-2-4-12(11)13(16)10-5-7-14-8-6-10/h1-6,8H,7H2,(H,16,17);1-9H. The Hall–Kier alpha value is -5.05. The molecule has 1 N–H and O–H groups in total. The molecule has 9 heteroatoms. The summed E-state index contributed by atoms with van der Waals surface area (Å²) in [5, 5.41) is 19.8. The number of nitro groups is 1. The van der Waals surface area contributed by atoms with E-state index in [1.165, 1.54) is 12.1 Å². The number of carboxylic acids is 1. The molecule has 2 heterocycles. The molecular formula is C26H19N3O6. The number of aromatic nitrogens is 2. The molecule has 0 spiro atoms. The fourth-order valence-electron chi connectivity index (χ4n) is 3.22. The number of carbonyl (C=O) groups excluding carboxylic acids is 2. The van der Waals surface area contributed by atoms with Gasteiger partial charge in [0.2, 0.25) is 0 Å². The lowest BCUT2D eigenvalue weighted by molar-refractivity contribution is -0.384. The van der Waals surface area contributed by atoms with Crippen LogP contribution in [0.3, 0.4) is 0 Å². The second-order valence-electron chi connectivity index (χ2n) is 7.21. The van der Waals surface area contributed by atoms with Crippen LogP contribution in [0, 0.1) is 10.1 Å². The summed E-state index contributed by atoms with van der Waals surface area (Å²) in [5.41, 5.74) is 2.51. The van der Waals surface area contributed by atoms with Crippen molar-refractivity contribution in [3.63, 3.8) is 0 Å². The van der Waals surface area contributed by atoms with Crippen LogP contribution in [0.2, 0.25) is 0 Å². The number of carboxylic acid groups (broad SMARTS) is 1. The highest BCUT2D eigenvalue weighted by Crippen LogP contribution is 2.20. The molecule has 2 aromatic heterocycles. The van der Waals surface area contributed by atoms with E-state index in [2.05, 4.69) is 9.97 Å². The van der Waals surface area contributed by atoms with E-state index in [4.69, 9.17) is 5.11 Å². The number of pyridine rings is 2. The Kier molecular flexibility index (Phi) is 8.23. The van der Waals surface area contributed by atoms with Crippen LogP contribution in [0.5, 0.6) is 0 Å². The van der Waals surface area contributed by atoms with Crippen molar-refractivity contribution in [2.75, 3.05) is 0 Å². The van der Waals surface area contributed by atoms with Gasteiger partial charge in [-0.15, -0.1) is 0 Å². The summed E-state index contributed by atoms with van der Waals surface area (Å²) >= 11 is 0. The van der Waals surface area contributed by atoms with Crippen molar-refractivity contribution in [3.8, 4) is 0 Å². The molecule has 2 aromatic carbocycles. The number of hydrogen-bond acceptors (Lipinski definition) is 7. The predicted octanol–water partition coefficient (Wildman–Crippen LogP) is 4.40. The lowest BCUT2D eigenvalue weighted by Gasteiger charge is -2.06. The molecule has 0 radical (unpaired) electrons. The molecule has 0 aliphatic heterocycles. The molecule has 0 fully saturated rings. The van der Waals surface area contributed by atoms with Gasteiger partial charge in [-0.2, -0.15) is 0 Å². The van der Waals surface area contributed by atoms with Gasteiger partial charge in [0.15, 0.2) is 12.1 Å². The Bertz CT molecular complexity index is 1360. The fourth-order valence-corrected chi connectivity index (χ4v) is 3.22.